The van der Waals surface area contributed by atoms with Gasteiger partial charge in [0.05, 0.1) is 64.2 Å². The number of rotatable bonds is 31. The maximum absolute atomic E-state index is 6.38. The van der Waals surface area contributed by atoms with Gasteiger partial charge in [-0.1, -0.05) is 132 Å². The summed E-state index contributed by atoms with van der Waals surface area (Å²) in [5, 5.41) is 0. The van der Waals surface area contributed by atoms with Gasteiger partial charge < -0.3 is 37.9 Å². The summed E-state index contributed by atoms with van der Waals surface area (Å²) in [6, 6.07) is 54.5. The Hall–Kier alpha value is -7.98. The highest BCUT2D eigenvalue weighted by atomic mass is 16.5. The number of aryl methyl sites for hydroxylation is 4. The zero-order chi connectivity index (χ0) is 62.6. The summed E-state index contributed by atoms with van der Waals surface area (Å²) in [7, 11) is 0. The van der Waals surface area contributed by atoms with Crippen molar-refractivity contribution in [1.29, 1.82) is 0 Å². The van der Waals surface area contributed by atoms with Crippen molar-refractivity contribution in [1.82, 2.24) is 9.97 Å². The second-order valence-electron chi connectivity index (χ2n) is 27.0. The molecule has 6 aromatic carbocycles. The van der Waals surface area contributed by atoms with Crippen LogP contribution in [-0.2, 0) is 47.3 Å². The smallest absolute Gasteiger partial charge is 0.123 e. The van der Waals surface area contributed by atoms with E-state index < -0.39 is 0 Å². The molecule has 0 spiro atoms. The maximum Gasteiger partial charge on any atom is 0.123 e. The fraction of sp³-hybridized carbons (Fsp3) is 0.410. The third-order valence-electron chi connectivity index (χ3n) is 15.4. The summed E-state index contributed by atoms with van der Waals surface area (Å²) in [5.74, 6) is 6.55. The third-order valence-corrected chi connectivity index (χ3v) is 15.4. The van der Waals surface area contributed by atoms with E-state index in [1.165, 1.54) is 33.4 Å². The molecule has 0 unspecified atom stereocenters. The predicted octanol–water partition coefficient (Wildman–Crippen LogP) is 18.3. The van der Waals surface area contributed by atoms with Crippen LogP contribution in [0.1, 0.15) is 153 Å². The second kappa shape index (κ2) is 31.3. The number of hydrogen-bond acceptors (Lipinski definition) is 10. The van der Waals surface area contributed by atoms with E-state index >= 15 is 0 Å². The van der Waals surface area contributed by atoms with Crippen LogP contribution in [-0.4, -0.2) is 62.8 Å². The predicted molar refractivity (Wildman–Crippen MR) is 358 cm³/mol. The van der Waals surface area contributed by atoms with Crippen molar-refractivity contribution in [2.24, 2.45) is 0 Å². The molecule has 0 aliphatic heterocycles. The highest BCUT2D eigenvalue weighted by molar-refractivity contribution is 5.56. The van der Waals surface area contributed by atoms with Crippen LogP contribution in [0.5, 0.6) is 46.0 Å². The lowest BCUT2D eigenvalue weighted by Crippen LogP contribution is -2.11. The minimum absolute atomic E-state index is 0.0937. The summed E-state index contributed by atoms with van der Waals surface area (Å²) in [6.07, 6.45) is 9.86. The summed E-state index contributed by atoms with van der Waals surface area (Å²) in [5.41, 5.74) is 11.8. The van der Waals surface area contributed by atoms with Gasteiger partial charge in [-0.2, -0.15) is 0 Å². The van der Waals surface area contributed by atoms with Gasteiger partial charge in [0.25, 0.3) is 0 Å². The SMILES string of the molecule is CC(C)(C)c1ccc(OCCCOc2cc(CCc3ccnc(-c4cc(CCc5cc(OCCCOc6ccc(C(C)(C)C)cc6)cc(OCCCOc6ccc(C(C)(C)C)cc6)c5)ccn4)c3)cc(OCCCOc3ccc(C(C)(C)C)cc3)c2)cc1. The normalized spacial score (nSPS) is 11.9. The molecule has 8 rings (SSSR count). The average molecular weight is 1190 g/mol. The Morgan fingerprint density at radius 1 is 0.239 bits per heavy atom. The molecular weight excluding hydrogens is 1090 g/mol. The van der Waals surface area contributed by atoms with E-state index in [2.05, 4.69) is 180 Å². The zero-order valence-corrected chi connectivity index (χ0v) is 54.6. The molecule has 0 amide bonds. The van der Waals surface area contributed by atoms with Crippen LogP contribution >= 0.6 is 0 Å². The van der Waals surface area contributed by atoms with Crippen molar-refractivity contribution in [3.63, 3.8) is 0 Å². The van der Waals surface area contributed by atoms with Crippen LogP contribution < -0.4 is 37.9 Å². The Labute approximate surface area is 526 Å². The molecule has 0 bridgehead atoms. The maximum atomic E-state index is 6.38. The van der Waals surface area contributed by atoms with E-state index in [0.717, 1.165) is 120 Å². The summed E-state index contributed by atoms with van der Waals surface area (Å²) in [6.45, 7) is 30.9. The Bertz CT molecular complexity index is 2980. The molecule has 10 heteroatoms. The first kappa shape index (κ1) is 66.0. The standard InChI is InChI=1S/C78H96N2O8/c1-75(2,3)61-21-29-65(30-22-61)81-41-13-45-85-69-49-59(50-70(55-69)86-46-14-42-82-66-31-23-62(24-32-66)76(4,5)6)19-17-57-37-39-79-73(53-57)74-54-58(38-40-80-74)18-20-60-51-71(87-47-15-43-83-67-33-25-63(26-34-67)77(7,8)9)56-72(52-60)88-48-16-44-84-68-35-27-64(28-36-68)78(10,11)12/h21-40,49-56H,13-20,41-48H2,1-12H3. The average Bonchev–Trinajstić information content (AvgIpc) is 3.66. The summed E-state index contributed by atoms with van der Waals surface area (Å²) in [4.78, 5) is 9.61. The van der Waals surface area contributed by atoms with Crippen LogP contribution in [0.15, 0.2) is 170 Å². The monoisotopic (exact) mass is 1190 g/mol. The van der Waals surface area contributed by atoms with Crippen LogP contribution in [0.25, 0.3) is 11.4 Å². The van der Waals surface area contributed by atoms with Gasteiger partial charge in [-0.05, 0) is 189 Å². The molecule has 2 aromatic heterocycles. The van der Waals surface area contributed by atoms with E-state index in [1.54, 1.807) is 0 Å². The van der Waals surface area contributed by atoms with Crippen molar-refractivity contribution in [3.8, 4) is 57.4 Å². The summed E-state index contributed by atoms with van der Waals surface area (Å²) < 4.78 is 49.9. The molecule has 88 heavy (non-hydrogen) atoms. The van der Waals surface area contributed by atoms with E-state index in [9.17, 15) is 0 Å². The van der Waals surface area contributed by atoms with Gasteiger partial charge in [-0.15, -0.1) is 0 Å². The Kier molecular flexibility index (Phi) is 23.4. The molecule has 466 valence electrons. The molecular formula is C78H96N2O8. The lowest BCUT2D eigenvalue weighted by molar-refractivity contribution is 0.239. The Balaban J connectivity index is 0.873. The molecule has 0 fully saturated rings. The highest BCUT2D eigenvalue weighted by Gasteiger charge is 2.17. The molecule has 0 saturated heterocycles. The second-order valence-corrected chi connectivity index (χ2v) is 27.0. The first-order chi connectivity index (χ1) is 42.1. The molecule has 0 atom stereocenters. The lowest BCUT2D eigenvalue weighted by atomic mass is 9.87. The van der Waals surface area contributed by atoms with Crippen molar-refractivity contribution in [2.75, 3.05) is 52.9 Å². The summed E-state index contributed by atoms with van der Waals surface area (Å²) >= 11 is 0. The van der Waals surface area contributed by atoms with Gasteiger partial charge in [0, 0.05) is 50.2 Å². The molecule has 10 nitrogen and oxygen atoms in total. The number of pyridine rings is 2. The Morgan fingerprint density at radius 3 is 0.682 bits per heavy atom. The van der Waals surface area contributed by atoms with Crippen LogP contribution in [0.3, 0.4) is 0 Å². The van der Waals surface area contributed by atoms with Gasteiger partial charge >= 0.3 is 0 Å². The third kappa shape index (κ3) is 21.7. The van der Waals surface area contributed by atoms with E-state index in [-0.39, 0.29) is 21.7 Å². The number of benzene rings is 6. The van der Waals surface area contributed by atoms with Crippen molar-refractivity contribution < 1.29 is 37.9 Å². The number of hydrogen-bond donors (Lipinski definition) is 0. The minimum atomic E-state index is 0.0937. The van der Waals surface area contributed by atoms with E-state index in [4.69, 9.17) is 47.9 Å². The molecule has 0 saturated carbocycles. The molecule has 8 aromatic rings. The fourth-order valence-corrected chi connectivity index (χ4v) is 9.96. The van der Waals surface area contributed by atoms with Crippen LogP contribution in [0.2, 0.25) is 0 Å². The first-order valence-electron chi connectivity index (χ1n) is 31.7. The number of aromatic nitrogens is 2. The Morgan fingerprint density at radius 2 is 0.455 bits per heavy atom. The quantitative estimate of drug-likeness (QED) is 0.0391. The fourth-order valence-electron chi connectivity index (χ4n) is 9.96. The van der Waals surface area contributed by atoms with Crippen molar-refractivity contribution >= 4 is 0 Å². The van der Waals surface area contributed by atoms with Gasteiger partial charge in [-0.3, -0.25) is 9.97 Å². The zero-order valence-electron chi connectivity index (χ0n) is 54.6. The number of nitrogens with zero attached hydrogens (tertiary/aromatic N) is 2. The van der Waals surface area contributed by atoms with Crippen molar-refractivity contribution in [3.05, 3.63) is 215 Å². The van der Waals surface area contributed by atoms with Crippen LogP contribution in [0.4, 0.5) is 0 Å². The largest absolute Gasteiger partial charge is 0.493 e. The van der Waals surface area contributed by atoms with Crippen LogP contribution in [0, 0.1) is 0 Å². The van der Waals surface area contributed by atoms with Gasteiger partial charge in [0.2, 0.25) is 0 Å². The minimum Gasteiger partial charge on any atom is -0.493 e. The lowest BCUT2D eigenvalue weighted by Gasteiger charge is -2.19. The first-order valence-corrected chi connectivity index (χ1v) is 31.7. The van der Waals surface area contributed by atoms with Crippen molar-refractivity contribution in [2.45, 2.75) is 156 Å². The number of ether oxygens (including phenoxy) is 8. The van der Waals surface area contributed by atoms with E-state index in [0.29, 0.717) is 52.9 Å². The topological polar surface area (TPSA) is 99.6 Å². The van der Waals surface area contributed by atoms with Gasteiger partial charge in [0.1, 0.15) is 46.0 Å². The van der Waals surface area contributed by atoms with Gasteiger partial charge in [-0.25, -0.2) is 0 Å². The molecule has 0 aliphatic rings. The molecule has 2 heterocycles. The molecule has 0 aliphatic carbocycles. The molecule has 0 radical (unpaired) electrons. The van der Waals surface area contributed by atoms with Gasteiger partial charge in [0.15, 0.2) is 0 Å². The highest BCUT2D eigenvalue weighted by Crippen LogP contribution is 2.31. The molecule has 0 N–H and O–H groups in total. The van der Waals surface area contributed by atoms with E-state index in [1.807, 2.05) is 73.1 Å².